The van der Waals surface area contributed by atoms with Crippen LogP contribution in [-0.2, 0) is 17.1 Å². The zero-order valence-electron chi connectivity index (χ0n) is 29.1. The second-order valence-corrected chi connectivity index (χ2v) is 27.5. The van der Waals surface area contributed by atoms with Gasteiger partial charge in [-0.1, -0.05) is 0 Å². The lowest BCUT2D eigenvalue weighted by molar-refractivity contribution is 0.280. The first-order chi connectivity index (χ1) is 22.6. The van der Waals surface area contributed by atoms with E-state index in [4.69, 9.17) is 45.4 Å². The van der Waals surface area contributed by atoms with Crippen LogP contribution in [0.1, 0.15) is 11.1 Å². The second kappa shape index (κ2) is 12.7. The van der Waals surface area contributed by atoms with E-state index in [2.05, 4.69) is 0 Å². The minimum absolute atomic E-state index is 0.505. The Morgan fingerprint density at radius 2 is 0.812 bits per heavy atom. The minimum Gasteiger partial charge on any atom is -0.521 e. The lowest BCUT2D eigenvalue weighted by atomic mass is 10.0. The highest BCUT2D eigenvalue weighted by atomic mass is 28.5. The molecular formula is C34H42N2O8Si4. The summed E-state index contributed by atoms with van der Waals surface area (Å²) >= 11 is 0. The van der Waals surface area contributed by atoms with E-state index in [1.807, 2.05) is 125 Å². The predicted octanol–water partition coefficient (Wildman–Crippen LogP) is 8.67. The fourth-order valence-corrected chi connectivity index (χ4v) is 17.6. The number of rotatable bonds is 12. The summed E-state index contributed by atoms with van der Waals surface area (Å²) in [7, 11) is -6.01. The van der Waals surface area contributed by atoms with Crippen LogP contribution in [0.4, 0.5) is 11.4 Å². The smallest absolute Gasteiger partial charge is 0.383 e. The van der Waals surface area contributed by atoms with Gasteiger partial charge in [-0.3, -0.25) is 0 Å². The molecule has 0 aromatic heterocycles. The average Bonchev–Trinajstić information content (AvgIpc) is 3.02. The van der Waals surface area contributed by atoms with Crippen molar-refractivity contribution in [3.05, 3.63) is 83.9 Å². The van der Waals surface area contributed by atoms with E-state index in [0.29, 0.717) is 23.3 Å². The van der Waals surface area contributed by atoms with E-state index in [0.717, 1.165) is 44.8 Å². The first kappa shape index (κ1) is 34.3. The first-order valence-corrected chi connectivity index (χ1v) is 27.0. The van der Waals surface area contributed by atoms with Gasteiger partial charge in [0.05, 0.1) is 22.1 Å². The van der Waals surface area contributed by atoms with Gasteiger partial charge in [-0.2, -0.15) is 0 Å². The molecule has 0 spiro atoms. The Hall–Kier alpha value is -3.61. The van der Waals surface area contributed by atoms with Gasteiger partial charge in [0.15, 0.2) is 0 Å². The Balaban J connectivity index is 1.21. The summed E-state index contributed by atoms with van der Waals surface area (Å²) in [5.41, 5.74) is 3.25. The third-order valence-corrected chi connectivity index (χ3v) is 19.1. The molecule has 0 bridgehead atoms. The number of hydrogen-bond acceptors (Lipinski definition) is 10. The number of nitrogens with zero attached hydrogens (tertiary/aromatic N) is 2. The zero-order valence-corrected chi connectivity index (χ0v) is 33.1. The van der Waals surface area contributed by atoms with Crippen LogP contribution in [-0.4, -0.2) is 60.3 Å². The number of benzene rings is 4. The summed E-state index contributed by atoms with van der Waals surface area (Å²) in [6.07, 6.45) is 0. The summed E-state index contributed by atoms with van der Waals surface area (Å²) in [5, 5.41) is 1.73. The number of aliphatic imine (C=N–C) groups is 2. The van der Waals surface area contributed by atoms with Crippen molar-refractivity contribution in [1.82, 2.24) is 0 Å². The molecule has 6 rings (SSSR count). The Morgan fingerprint density at radius 3 is 1.15 bits per heavy atom. The molecule has 4 aromatic carbocycles. The number of hydrogen-bond donors (Lipinski definition) is 0. The van der Waals surface area contributed by atoms with Crippen LogP contribution in [0.5, 0.6) is 23.0 Å². The Kier molecular flexibility index (Phi) is 9.05. The summed E-state index contributed by atoms with van der Waals surface area (Å²) in [6.45, 7) is 16.1. The van der Waals surface area contributed by atoms with E-state index < -0.39 is 34.2 Å². The summed E-state index contributed by atoms with van der Waals surface area (Å²) in [5.74, 6) is 3.86. The fraction of sp³-hybridized carbons (Fsp3) is 0.294. The van der Waals surface area contributed by atoms with Crippen LogP contribution in [0.15, 0.2) is 82.8 Å². The third-order valence-electron chi connectivity index (χ3n) is 7.79. The fourth-order valence-electron chi connectivity index (χ4n) is 5.68. The maximum atomic E-state index is 6.34. The van der Waals surface area contributed by atoms with Gasteiger partial charge < -0.3 is 35.4 Å². The maximum Gasteiger partial charge on any atom is 0.383 e. The summed E-state index contributed by atoms with van der Waals surface area (Å²) < 4.78 is 48.8. The molecule has 0 fully saturated rings. The molecule has 0 radical (unpaired) electrons. The van der Waals surface area contributed by atoms with Crippen molar-refractivity contribution >= 4 is 68.2 Å². The number of ether oxygens (including phenoxy) is 2. The molecule has 2 aliphatic rings. The molecule has 14 heteroatoms. The average molecular weight is 719 g/mol. The molecule has 2 aliphatic heterocycles. The highest BCUT2D eigenvalue weighted by Crippen LogP contribution is 2.48. The van der Waals surface area contributed by atoms with Crippen LogP contribution < -0.4 is 18.3 Å². The van der Waals surface area contributed by atoms with Crippen LogP contribution in [0.25, 0.3) is 10.8 Å². The van der Waals surface area contributed by atoms with E-state index in [-0.39, 0.29) is 0 Å². The molecule has 0 aliphatic carbocycles. The normalized spacial score (nSPS) is 14.5. The van der Waals surface area contributed by atoms with Crippen molar-refractivity contribution in [2.75, 3.05) is 14.2 Å². The van der Waals surface area contributed by atoms with Crippen molar-refractivity contribution in [3.8, 4) is 23.0 Å². The summed E-state index contributed by atoms with van der Waals surface area (Å²) in [4.78, 5) is 9.76. The molecule has 48 heavy (non-hydrogen) atoms. The summed E-state index contributed by atoms with van der Waals surface area (Å²) in [6, 6.07) is 23.2. The van der Waals surface area contributed by atoms with Crippen LogP contribution in [0.3, 0.4) is 0 Å². The zero-order chi connectivity index (χ0) is 34.5. The van der Waals surface area contributed by atoms with E-state index in [1.165, 1.54) is 0 Å². The van der Waals surface area contributed by atoms with Gasteiger partial charge >= 0.3 is 34.2 Å². The molecule has 0 N–H and O–H groups in total. The highest BCUT2D eigenvalue weighted by Gasteiger charge is 2.38. The molecule has 0 atom stereocenters. The van der Waals surface area contributed by atoms with Gasteiger partial charge in [0, 0.05) is 25.3 Å². The van der Waals surface area contributed by atoms with E-state index >= 15 is 0 Å². The van der Waals surface area contributed by atoms with Crippen molar-refractivity contribution in [1.29, 1.82) is 0 Å². The lowest BCUT2D eigenvalue weighted by Gasteiger charge is -2.32. The monoisotopic (exact) mass is 718 g/mol. The largest absolute Gasteiger partial charge is 0.521 e. The van der Waals surface area contributed by atoms with Gasteiger partial charge in [0.1, 0.15) is 23.0 Å². The topological polar surface area (TPSA) is 98.6 Å². The van der Waals surface area contributed by atoms with E-state index in [1.54, 1.807) is 14.2 Å². The first-order valence-electron chi connectivity index (χ1n) is 15.8. The standard InChI is InChI=1S/C34H42N2O8Si4/c1-37-45(3,4)43-47(7,8)41-25-15-11-23(12-16-25)33-35-27-19-22-30-32-28(20-21-29(39-33)31(27)32)36-34(40-30)24-13-17-26(18-14-24)42-48(9,10)44-46(5,6)38-2/h11-22H,1-10H3. The van der Waals surface area contributed by atoms with Gasteiger partial charge in [-0.25, -0.2) is 9.98 Å². The molecule has 252 valence electrons. The van der Waals surface area contributed by atoms with Crippen LogP contribution in [0, 0.1) is 0 Å². The van der Waals surface area contributed by atoms with Gasteiger partial charge in [-0.15, -0.1) is 0 Å². The van der Waals surface area contributed by atoms with E-state index in [9.17, 15) is 0 Å². The minimum atomic E-state index is -2.45. The van der Waals surface area contributed by atoms with Crippen LogP contribution in [0.2, 0.25) is 52.4 Å². The lowest BCUT2D eigenvalue weighted by Crippen LogP contribution is -2.49. The molecule has 0 saturated heterocycles. The molecule has 2 heterocycles. The van der Waals surface area contributed by atoms with Gasteiger partial charge in [0.2, 0.25) is 11.8 Å². The van der Waals surface area contributed by atoms with Crippen LogP contribution >= 0.6 is 0 Å². The SMILES string of the molecule is CO[Si](C)(C)O[Si](C)(C)Oc1ccc(C2=Nc3ccc4c5c(ccc(c35)O2)N=C(c2ccc(O[Si](C)(C)O[Si](C)(C)OC)cc2)O4)cc1. The molecule has 4 aromatic rings. The molecule has 0 amide bonds. The highest BCUT2D eigenvalue weighted by molar-refractivity contribution is 6.79. The van der Waals surface area contributed by atoms with Crippen molar-refractivity contribution in [2.45, 2.75) is 52.4 Å². The Labute approximate surface area is 286 Å². The van der Waals surface area contributed by atoms with Crippen molar-refractivity contribution < 1.29 is 35.4 Å². The third kappa shape index (κ3) is 7.50. The molecule has 0 unspecified atom stereocenters. The van der Waals surface area contributed by atoms with Crippen molar-refractivity contribution in [2.24, 2.45) is 9.98 Å². The van der Waals surface area contributed by atoms with Gasteiger partial charge in [0.25, 0.3) is 0 Å². The second-order valence-electron chi connectivity index (χ2n) is 13.4. The quantitative estimate of drug-likeness (QED) is 0.134. The Morgan fingerprint density at radius 1 is 0.458 bits per heavy atom. The predicted molar refractivity (Wildman–Crippen MR) is 198 cm³/mol. The molecule has 0 saturated carbocycles. The van der Waals surface area contributed by atoms with Crippen molar-refractivity contribution in [3.63, 3.8) is 0 Å². The maximum absolute atomic E-state index is 6.34. The Bertz CT molecular complexity index is 1770. The molecule has 10 nitrogen and oxygen atoms in total. The molecular weight excluding hydrogens is 677 g/mol. The van der Waals surface area contributed by atoms with Gasteiger partial charge in [-0.05, 0) is 125 Å².